The molecule has 1 aromatic carbocycles. The van der Waals surface area contributed by atoms with Crippen LogP contribution in [0.5, 0.6) is 0 Å². The summed E-state index contributed by atoms with van der Waals surface area (Å²) in [6.45, 7) is 2.05. The molecule has 18 heavy (non-hydrogen) atoms. The van der Waals surface area contributed by atoms with Crippen LogP contribution in [0.1, 0.15) is 18.9 Å². The third-order valence-corrected chi connectivity index (χ3v) is 3.44. The summed E-state index contributed by atoms with van der Waals surface area (Å²) in [6, 6.07) is 8.77. The number of anilines is 1. The van der Waals surface area contributed by atoms with Gasteiger partial charge in [-0.2, -0.15) is 17.0 Å². The third kappa shape index (κ3) is 5.21. The van der Waals surface area contributed by atoms with Crippen LogP contribution in [-0.2, 0) is 4.79 Å². The van der Waals surface area contributed by atoms with Crippen LogP contribution < -0.4 is 5.32 Å². The molecule has 0 radical (unpaired) electrons. The molecule has 0 spiro atoms. The normalized spacial score (nSPS) is 11.6. The predicted molar refractivity (Wildman–Crippen MR) is 73.4 cm³/mol. The second kappa shape index (κ2) is 7.75. The fourth-order valence-corrected chi connectivity index (χ4v) is 2.07. The van der Waals surface area contributed by atoms with Crippen LogP contribution in [0.3, 0.4) is 0 Å². The molecule has 1 aromatic rings. The molecule has 0 fully saturated rings. The summed E-state index contributed by atoms with van der Waals surface area (Å²) in [5.74, 6) is 0.626. The average Bonchev–Trinajstić information content (AvgIpc) is 2.39. The van der Waals surface area contributed by atoms with Crippen LogP contribution in [0.25, 0.3) is 0 Å². The molecule has 0 bridgehead atoms. The minimum Gasteiger partial charge on any atom is -0.395 e. The van der Waals surface area contributed by atoms with Gasteiger partial charge in [0.2, 0.25) is 5.91 Å². The van der Waals surface area contributed by atoms with E-state index in [9.17, 15) is 4.79 Å². The van der Waals surface area contributed by atoms with Gasteiger partial charge in [-0.3, -0.25) is 4.79 Å². The maximum atomic E-state index is 11.6. The molecule has 96 valence electrons. The topological polar surface area (TPSA) is 73.1 Å². The predicted octanol–water partition coefficient (Wildman–Crippen LogP) is 2.00. The highest BCUT2D eigenvalue weighted by Crippen LogP contribution is 2.12. The van der Waals surface area contributed by atoms with Crippen LogP contribution in [0.15, 0.2) is 24.3 Å². The minimum absolute atomic E-state index is 0.0580. The Bertz CT molecular complexity index is 426. The Morgan fingerprint density at radius 3 is 2.72 bits per heavy atom. The Labute approximate surface area is 111 Å². The van der Waals surface area contributed by atoms with Crippen molar-refractivity contribution in [3.8, 4) is 6.07 Å². The quantitative estimate of drug-likeness (QED) is 0.824. The second-order valence-corrected chi connectivity index (χ2v) is 5.40. The summed E-state index contributed by atoms with van der Waals surface area (Å²) in [5, 5.41) is 20.4. The number of rotatable bonds is 6. The lowest BCUT2D eigenvalue weighted by Gasteiger charge is -2.08. The number of carbonyl (C=O) groups excluding carboxylic acids is 1. The number of aliphatic hydroxyl groups excluding tert-OH is 1. The van der Waals surface area contributed by atoms with E-state index in [1.54, 1.807) is 36.0 Å². The van der Waals surface area contributed by atoms with Crippen molar-refractivity contribution < 1.29 is 9.90 Å². The molecule has 2 N–H and O–H groups in total. The molecule has 1 unspecified atom stereocenters. The van der Waals surface area contributed by atoms with E-state index in [0.29, 0.717) is 23.4 Å². The van der Waals surface area contributed by atoms with Gasteiger partial charge in [0.25, 0.3) is 0 Å². The lowest BCUT2D eigenvalue weighted by Crippen LogP contribution is -2.13. The van der Waals surface area contributed by atoms with Gasteiger partial charge in [0.1, 0.15) is 0 Å². The van der Waals surface area contributed by atoms with E-state index < -0.39 is 0 Å². The Kier molecular flexibility index (Phi) is 6.26. The molecular formula is C13H16N2O2S. The first kappa shape index (κ1) is 14.6. The van der Waals surface area contributed by atoms with Crippen molar-refractivity contribution in [2.45, 2.75) is 18.6 Å². The molecule has 0 aliphatic carbocycles. The molecule has 0 saturated carbocycles. The summed E-state index contributed by atoms with van der Waals surface area (Å²) in [5.41, 5.74) is 1.26. The lowest BCUT2D eigenvalue weighted by atomic mass is 10.2. The molecule has 0 heterocycles. The fraction of sp³-hybridized carbons (Fsp3) is 0.385. The van der Waals surface area contributed by atoms with Crippen molar-refractivity contribution in [1.29, 1.82) is 5.26 Å². The molecule has 1 amide bonds. The molecule has 5 heteroatoms. The molecule has 1 rings (SSSR count). The van der Waals surface area contributed by atoms with Crippen molar-refractivity contribution in [2.24, 2.45) is 0 Å². The molecule has 4 nitrogen and oxygen atoms in total. The van der Waals surface area contributed by atoms with Crippen LogP contribution in [0, 0.1) is 11.3 Å². The zero-order valence-electron chi connectivity index (χ0n) is 10.2. The van der Waals surface area contributed by atoms with Crippen LogP contribution >= 0.6 is 11.8 Å². The van der Waals surface area contributed by atoms with Gasteiger partial charge >= 0.3 is 0 Å². The number of nitrogens with one attached hydrogen (secondary N) is 1. The largest absolute Gasteiger partial charge is 0.395 e. The summed E-state index contributed by atoms with van der Waals surface area (Å²) in [6.07, 6.45) is 0.412. The van der Waals surface area contributed by atoms with Gasteiger partial charge in [0.15, 0.2) is 0 Å². The first-order valence-electron chi connectivity index (χ1n) is 5.68. The number of hydrogen-bond donors (Lipinski definition) is 2. The second-order valence-electron chi connectivity index (χ2n) is 3.85. The maximum Gasteiger partial charge on any atom is 0.225 e. The smallest absolute Gasteiger partial charge is 0.225 e. The first-order valence-corrected chi connectivity index (χ1v) is 6.73. The van der Waals surface area contributed by atoms with Crippen molar-refractivity contribution in [3.05, 3.63) is 29.8 Å². The number of carbonyl (C=O) groups is 1. The van der Waals surface area contributed by atoms with E-state index in [0.717, 1.165) is 0 Å². The highest BCUT2D eigenvalue weighted by Gasteiger charge is 2.05. The zero-order valence-corrected chi connectivity index (χ0v) is 11.0. The third-order valence-electron chi connectivity index (χ3n) is 2.29. The molecule has 1 atom stereocenters. The lowest BCUT2D eigenvalue weighted by molar-refractivity contribution is -0.115. The molecule has 0 aromatic heterocycles. The molecule has 0 saturated heterocycles. The van der Waals surface area contributed by atoms with E-state index >= 15 is 0 Å². The number of thioether (sulfide) groups is 1. The van der Waals surface area contributed by atoms with Crippen molar-refractivity contribution in [3.63, 3.8) is 0 Å². The van der Waals surface area contributed by atoms with Crippen LogP contribution in [0.4, 0.5) is 5.69 Å². The van der Waals surface area contributed by atoms with Crippen molar-refractivity contribution in [1.82, 2.24) is 0 Å². The summed E-state index contributed by atoms with van der Waals surface area (Å²) in [4.78, 5) is 11.6. The summed E-state index contributed by atoms with van der Waals surface area (Å²) in [7, 11) is 0. The number of amides is 1. The van der Waals surface area contributed by atoms with Gasteiger partial charge < -0.3 is 10.4 Å². The average molecular weight is 264 g/mol. The molecular weight excluding hydrogens is 248 g/mol. The van der Waals surface area contributed by atoms with Gasteiger partial charge in [0.05, 0.1) is 18.2 Å². The maximum absolute atomic E-state index is 11.6. The number of aliphatic hydroxyl groups is 1. The minimum atomic E-state index is -0.0580. The number of hydrogen-bond acceptors (Lipinski definition) is 4. The summed E-state index contributed by atoms with van der Waals surface area (Å²) < 4.78 is 0. The Hall–Kier alpha value is -1.51. The summed E-state index contributed by atoms with van der Waals surface area (Å²) >= 11 is 1.57. The highest BCUT2D eigenvalue weighted by molar-refractivity contribution is 7.99. The van der Waals surface area contributed by atoms with Gasteiger partial charge in [-0.15, -0.1) is 0 Å². The van der Waals surface area contributed by atoms with Gasteiger partial charge in [0, 0.05) is 23.1 Å². The Balaban J connectivity index is 2.33. The van der Waals surface area contributed by atoms with Gasteiger partial charge in [-0.05, 0) is 24.3 Å². The van der Waals surface area contributed by atoms with Gasteiger partial charge in [-0.1, -0.05) is 6.92 Å². The van der Waals surface area contributed by atoms with E-state index in [4.69, 9.17) is 10.4 Å². The first-order chi connectivity index (χ1) is 8.65. The number of benzene rings is 1. The number of nitrogens with zero attached hydrogens (tertiary/aromatic N) is 1. The van der Waals surface area contributed by atoms with Crippen molar-refractivity contribution in [2.75, 3.05) is 17.7 Å². The highest BCUT2D eigenvalue weighted by atomic mass is 32.2. The molecule has 0 aliphatic heterocycles. The zero-order chi connectivity index (χ0) is 13.4. The number of nitriles is 1. The SMILES string of the molecule is CC(CO)SCCC(=O)Nc1ccc(C#N)cc1. The van der Waals surface area contributed by atoms with Crippen molar-refractivity contribution >= 4 is 23.4 Å². The standard InChI is InChI=1S/C13H16N2O2S/c1-10(9-16)18-7-6-13(17)15-12-4-2-11(8-14)3-5-12/h2-5,10,16H,6-7,9H2,1H3,(H,15,17). The monoisotopic (exact) mass is 264 g/mol. The van der Waals surface area contributed by atoms with E-state index in [1.165, 1.54) is 0 Å². The fourth-order valence-electron chi connectivity index (χ4n) is 1.26. The Morgan fingerprint density at radius 2 is 2.17 bits per heavy atom. The van der Waals surface area contributed by atoms with Crippen LogP contribution in [-0.4, -0.2) is 28.6 Å². The molecule has 0 aliphatic rings. The van der Waals surface area contributed by atoms with Gasteiger partial charge in [-0.25, -0.2) is 0 Å². The van der Waals surface area contributed by atoms with E-state index in [2.05, 4.69) is 5.32 Å². The van der Waals surface area contributed by atoms with Crippen LogP contribution in [0.2, 0.25) is 0 Å². The van der Waals surface area contributed by atoms with E-state index in [-0.39, 0.29) is 17.8 Å². The van der Waals surface area contributed by atoms with E-state index in [1.807, 2.05) is 13.0 Å². The Morgan fingerprint density at radius 1 is 1.50 bits per heavy atom.